The zero-order valence-corrected chi connectivity index (χ0v) is 18.6. The summed E-state index contributed by atoms with van der Waals surface area (Å²) in [6, 6.07) is 15.2. The third-order valence-electron chi connectivity index (χ3n) is 6.40. The molecule has 4 aromatic rings. The van der Waals surface area contributed by atoms with Gasteiger partial charge in [-0.05, 0) is 17.5 Å². The molecule has 5 rings (SSSR count). The highest BCUT2D eigenvalue weighted by Gasteiger charge is 2.34. The second-order valence-electron chi connectivity index (χ2n) is 8.28. The highest BCUT2D eigenvalue weighted by Crippen LogP contribution is 2.43. The summed E-state index contributed by atoms with van der Waals surface area (Å²) >= 11 is 0. The van der Waals surface area contributed by atoms with E-state index in [0.29, 0.717) is 41.7 Å². The molecule has 7 nitrogen and oxygen atoms in total. The number of nitrogens with zero attached hydrogens (tertiary/aromatic N) is 3. The van der Waals surface area contributed by atoms with Crippen molar-refractivity contribution in [3.63, 3.8) is 0 Å². The third kappa shape index (κ3) is 3.08. The van der Waals surface area contributed by atoms with Crippen LogP contribution in [0.1, 0.15) is 22.9 Å². The van der Waals surface area contributed by atoms with E-state index in [-0.39, 0.29) is 11.3 Å². The van der Waals surface area contributed by atoms with E-state index >= 15 is 0 Å². The van der Waals surface area contributed by atoms with Crippen LogP contribution in [0.25, 0.3) is 22.2 Å². The van der Waals surface area contributed by atoms with Gasteiger partial charge < -0.3 is 14.4 Å². The summed E-state index contributed by atoms with van der Waals surface area (Å²) in [6.07, 6.45) is 1.61. The van der Waals surface area contributed by atoms with Crippen molar-refractivity contribution in [3.05, 3.63) is 98.8 Å². The number of benzene rings is 2. The fourth-order valence-electron chi connectivity index (χ4n) is 4.86. The fourth-order valence-corrected chi connectivity index (χ4v) is 4.86. The van der Waals surface area contributed by atoms with Gasteiger partial charge in [-0.3, -0.25) is 13.9 Å². The highest BCUT2D eigenvalue weighted by molar-refractivity contribution is 5.96. The Bertz CT molecular complexity index is 1510. The number of fused-ring (bicyclic) bond motifs is 3. The summed E-state index contributed by atoms with van der Waals surface area (Å²) in [6.45, 7) is 4.69. The zero-order valence-electron chi connectivity index (χ0n) is 18.6. The number of hydrogen-bond acceptors (Lipinski definition) is 4. The number of phenolic OH excluding ortho intramolecular Hbond substituents is 1. The largest absolute Gasteiger partial charge is 0.507 e. The topological polar surface area (TPSA) is 78.4 Å². The van der Waals surface area contributed by atoms with Crippen LogP contribution in [0.15, 0.2) is 70.8 Å². The molecule has 3 heterocycles. The van der Waals surface area contributed by atoms with Crippen LogP contribution in [-0.4, -0.2) is 25.4 Å². The first kappa shape index (κ1) is 21.0. The van der Waals surface area contributed by atoms with Gasteiger partial charge in [0, 0.05) is 26.2 Å². The van der Waals surface area contributed by atoms with Gasteiger partial charge in [0.2, 0.25) is 0 Å². The molecular weight excluding hydrogens is 418 g/mol. The van der Waals surface area contributed by atoms with E-state index in [2.05, 4.69) is 11.1 Å². The Morgan fingerprint density at radius 3 is 2.58 bits per heavy atom. The molecule has 0 saturated carbocycles. The number of ether oxygens (including phenoxy) is 1. The van der Waals surface area contributed by atoms with E-state index in [1.165, 1.54) is 11.6 Å². The Labute approximate surface area is 190 Å². The summed E-state index contributed by atoms with van der Waals surface area (Å²) in [5.41, 5.74) is 3.45. The van der Waals surface area contributed by atoms with Crippen LogP contribution in [0.5, 0.6) is 5.75 Å². The minimum Gasteiger partial charge on any atom is -0.507 e. The van der Waals surface area contributed by atoms with Gasteiger partial charge in [-0.2, -0.15) is 0 Å². The number of aryl methyl sites for hydroxylation is 1. The summed E-state index contributed by atoms with van der Waals surface area (Å²) in [5.74, 6) is 0.139. The van der Waals surface area contributed by atoms with Crippen molar-refractivity contribution < 1.29 is 9.84 Å². The quantitative estimate of drug-likeness (QED) is 0.491. The van der Waals surface area contributed by atoms with Crippen LogP contribution < -0.4 is 11.2 Å². The molecule has 1 atom stereocenters. The number of hydrogen-bond donors (Lipinski definition) is 1. The lowest BCUT2D eigenvalue weighted by Gasteiger charge is -2.28. The summed E-state index contributed by atoms with van der Waals surface area (Å²) in [7, 11) is 3.16. The van der Waals surface area contributed by atoms with Gasteiger partial charge in [0.25, 0.3) is 5.56 Å². The predicted molar refractivity (Wildman–Crippen MR) is 128 cm³/mol. The van der Waals surface area contributed by atoms with Crippen molar-refractivity contribution in [1.82, 2.24) is 13.7 Å². The van der Waals surface area contributed by atoms with Gasteiger partial charge in [-0.1, -0.05) is 54.6 Å². The van der Waals surface area contributed by atoms with Crippen molar-refractivity contribution in [2.24, 2.45) is 14.1 Å². The van der Waals surface area contributed by atoms with Crippen LogP contribution in [0.3, 0.4) is 0 Å². The summed E-state index contributed by atoms with van der Waals surface area (Å²) < 4.78 is 10.9. The van der Waals surface area contributed by atoms with Gasteiger partial charge in [-0.25, -0.2) is 4.79 Å². The normalized spacial score (nSPS) is 15.5. The molecule has 0 aliphatic carbocycles. The smallest absolute Gasteiger partial charge is 0.331 e. The molecule has 1 N–H and O–H groups in total. The lowest BCUT2D eigenvalue weighted by molar-refractivity contribution is 0.0464. The molecule has 0 fully saturated rings. The van der Waals surface area contributed by atoms with E-state index in [9.17, 15) is 14.7 Å². The van der Waals surface area contributed by atoms with Crippen molar-refractivity contribution in [1.29, 1.82) is 0 Å². The lowest BCUT2D eigenvalue weighted by Crippen LogP contribution is -2.37. The maximum Gasteiger partial charge on any atom is 0.331 e. The average Bonchev–Trinajstić information content (AvgIpc) is 3.19. The van der Waals surface area contributed by atoms with E-state index in [1.807, 2.05) is 48.5 Å². The maximum absolute atomic E-state index is 13.4. The standard InChI is InChI=1S/C26H25N3O4/c1-4-9-17-12-8-13-18(23(17)30)24-22-21-19(25(31)28(3)26(32)27(21)2)20(29(22)14-15-33-24)16-10-6-5-7-11-16/h4-8,10-13,24,30H,1,9,14-15H2,2-3H3. The van der Waals surface area contributed by atoms with Gasteiger partial charge in [0.15, 0.2) is 0 Å². The first-order valence-electron chi connectivity index (χ1n) is 10.9. The molecule has 0 spiro atoms. The molecule has 0 radical (unpaired) electrons. The van der Waals surface area contributed by atoms with Crippen molar-refractivity contribution in [2.75, 3.05) is 6.61 Å². The van der Waals surface area contributed by atoms with Crippen molar-refractivity contribution in [3.8, 4) is 17.0 Å². The first-order chi connectivity index (χ1) is 16.0. The second kappa shape index (κ2) is 7.94. The zero-order chi connectivity index (χ0) is 23.3. The number of allylic oxidation sites excluding steroid dienone is 1. The average molecular weight is 444 g/mol. The molecule has 0 saturated heterocycles. The molecule has 2 aromatic carbocycles. The SMILES string of the molecule is C=CCc1cccc(C2OCCn3c(-c4ccccc4)c4c(=O)n(C)c(=O)n(C)c4c32)c1O. The highest BCUT2D eigenvalue weighted by atomic mass is 16.5. The molecule has 0 amide bonds. The maximum atomic E-state index is 13.4. The number of aromatic nitrogens is 3. The summed E-state index contributed by atoms with van der Waals surface area (Å²) in [4.78, 5) is 26.3. The monoisotopic (exact) mass is 443 g/mol. The number of phenols is 1. The molecule has 7 heteroatoms. The van der Waals surface area contributed by atoms with Crippen LogP contribution in [-0.2, 0) is 31.8 Å². The van der Waals surface area contributed by atoms with Crippen molar-refractivity contribution in [2.45, 2.75) is 19.1 Å². The van der Waals surface area contributed by atoms with Crippen LogP contribution in [0.2, 0.25) is 0 Å². The first-order valence-corrected chi connectivity index (χ1v) is 10.9. The Morgan fingerprint density at radius 2 is 1.85 bits per heavy atom. The van der Waals surface area contributed by atoms with Gasteiger partial charge in [0.1, 0.15) is 11.9 Å². The van der Waals surface area contributed by atoms with E-state index < -0.39 is 11.8 Å². The third-order valence-corrected chi connectivity index (χ3v) is 6.40. The van der Waals surface area contributed by atoms with E-state index in [4.69, 9.17) is 4.74 Å². The molecule has 1 aliphatic rings. The van der Waals surface area contributed by atoms with Gasteiger partial charge in [-0.15, -0.1) is 6.58 Å². The Balaban J connectivity index is 1.92. The molecule has 1 aliphatic heterocycles. The lowest BCUT2D eigenvalue weighted by atomic mass is 9.99. The molecule has 1 unspecified atom stereocenters. The molecule has 0 bridgehead atoms. The second-order valence-corrected chi connectivity index (χ2v) is 8.28. The summed E-state index contributed by atoms with van der Waals surface area (Å²) in [5, 5.41) is 11.5. The Morgan fingerprint density at radius 1 is 1.09 bits per heavy atom. The van der Waals surface area contributed by atoms with Crippen molar-refractivity contribution >= 4 is 10.9 Å². The van der Waals surface area contributed by atoms with Gasteiger partial charge in [0.05, 0.1) is 28.9 Å². The van der Waals surface area contributed by atoms with E-state index in [1.54, 1.807) is 13.1 Å². The fraction of sp³-hybridized carbons (Fsp3) is 0.231. The minimum atomic E-state index is -0.638. The van der Waals surface area contributed by atoms with Gasteiger partial charge >= 0.3 is 5.69 Å². The Kier molecular flexibility index (Phi) is 5.06. The molecule has 168 valence electrons. The number of para-hydroxylation sites is 1. The van der Waals surface area contributed by atoms with E-state index in [0.717, 1.165) is 21.4 Å². The van der Waals surface area contributed by atoms with Crippen LogP contribution >= 0.6 is 0 Å². The molecule has 2 aromatic heterocycles. The Hall–Kier alpha value is -3.84. The minimum absolute atomic E-state index is 0.139. The number of rotatable bonds is 4. The van der Waals surface area contributed by atoms with Crippen LogP contribution in [0, 0.1) is 0 Å². The molecular formula is C26H25N3O4. The van der Waals surface area contributed by atoms with Crippen LogP contribution in [0.4, 0.5) is 0 Å². The molecule has 33 heavy (non-hydrogen) atoms. The predicted octanol–water partition coefficient (Wildman–Crippen LogP) is 3.26. The number of aromatic hydroxyl groups is 1.